The van der Waals surface area contributed by atoms with E-state index in [1.807, 2.05) is 0 Å². The first-order valence-corrected chi connectivity index (χ1v) is 8.60. The fourth-order valence-electron chi connectivity index (χ4n) is 2.94. The van der Waals surface area contributed by atoms with Crippen LogP contribution in [0.3, 0.4) is 0 Å². The summed E-state index contributed by atoms with van der Waals surface area (Å²) in [7, 11) is 0. The van der Waals surface area contributed by atoms with E-state index in [-0.39, 0.29) is 0 Å². The minimum Gasteiger partial charge on any atom is -0.478 e. The number of likely N-dealkylation sites (tertiary alicyclic amines) is 1. The lowest BCUT2D eigenvalue weighted by Gasteiger charge is -2.32. The van der Waals surface area contributed by atoms with Crippen LogP contribution in [0.2, 0.25) is 0 Å². The minimum absolute atomic E-state index is 0.558. The maximum absolute atomic E-state index is 10.7. The predicted molar refractivity (Wildman–Crippen MR) is 84.5 cm³/mol. The van der Waals surface area contributed by atoms with Crippen LogP contribution in [0, 0.1) is 0 Å². The maximum Gasteiger partial charge on any atom is 0.328 e. The number of carbonyl (C=O) groups is 1. The van der Waals surface area contributed by atoms with Crippen LogP contribution >= 0.6 is 11.3 Å². The molecule has 1 unspecified atom stereocenters. The average Bonchev–Trinajstić information content (AvgIpc) is 3.21. The van der Waals surface area contributed by atoms with Gasteiger partial charge in [0.1, 0.15) is 5.01 Å². The number of piperidine rings is 1. The summed E-state index contributed by atoms with van der Waals surface area (Å²) in [5, 5.41) is 9.95. The lowest BCUT2D eigenvalue weighted by Crippen LogP contribution is -2.36. The molecular formula is C16H22N2O2S. The van der Waals surface area contributed by atoms with Crippen LogP contribution in [0.25, 0.3) is 6.08 Å². The summed E-state index contributed by atoms with van der Waals surface area (Å²) >= 11 is 1.66. The van der Waals surface area contributed by atoms with Gasteiger partial charge in [-0.25, -0.2) is 9.78 Å². The molecule has 0 bridgehead atoms. The normalized spacial score (nSPS) is 23.8. The van der Waals surface area contributed by atoms with Crippen LogP contribution in [-0.2, 0) is 11.3 Å². The van der Waals surface area contributed by atoms with Gasteiger partial charge in [0.05, 0.1) is 17.1 Å². The standard InChI is InChI=1S/C16H22N2O2S/c1-11-4-2-3-9-18(11)10-14-17-16(12-5-6-12)13(21-14)7-8-15(19)20/h7-8,11-12H,2-6,9-10H2,1H3,(H,19,20)/b8-7+. The Hall–Kier alpha value is -1.20. The molecule has 1 N–H and O–H groups in total. The van der Waals surface area contributed by atoms with Gasteiger partial charge in [0.15, 0.2) is 0 Å². The van der Waals surface area contributed by atoms with E-state index < -0.39 is 5.97 Å². The van der Waals surface area contributed by atoms with Crippen LogP contribution in [0.5, 0.6) is 0 Å². The van der Waals surface area contributed by atoms with Crippen molar-refractivity contribution in [2.45, 2.75) is 57.5 Å². The molecule has 2 aliphatic rings. The number of carboxylic acid groups (broad SMARTS) is 1. The van der Waals surface area contributed by atoms with E-state index >= 15 is 0 Å². The van der Waals surface area contributed by atoms with Crippen LogP contribution in [0.15, 0.2) is 6.08 Å². The van der Waals surface area contributed by atoms with Gasteiger partial charge in [-0.2, -0.15) is 0 Å². The van der Waals surface area contributed by atoms with Crippen molar-refractivity contribution < 1.29 is 9.90 Å². The third-order valence-electron chi connectivity index (χ3n) is 4.35. The Bertz CT molecular complexity index is 548. The number of thiazole rings is 1. The summed E-state index contributed by atoms with van der Waals surface area (Å²) in [5.41, 5.74) is 1.12. The van der Waals surface area contributed by atoms with E-state index in [0.29, 0.717) is 12.0 Å². The number of aromatic nitrogens is 1. The van der Waals surface area contributed by atoms with Gasteiger partial charge >= 0.3 is 5.97 Å². The van der Waals surface area contributed by atoms with Crippen LogP contribution < -0.4 is 0 Å². The SMILES string of the molecule is CC1CCCCN1Cc1nc(C2CC2)c(/C=C/C(=O)O)s1. The fraction of sp³-hybridized carbons (Fsp3) is 0.625. The second-order valence-corrected chi connectivity index (χ2v) is 7.23. The van der Waals surface area contributed by atoms with Crippen molar-refractivity contribution in [3.63, 3.8) is 0 Å². The molecule has 21 heavy (non-hydrogen) atoms. The molecule has 3 rings (SSSR count). The van der Waals surface area contributed by atoms with Crippen LogP contribution in [0.4, 0.5) is 0 Å². The molecule has 2 fully saturated rings. The molecule has 0 amide bonds. The van der Waals surface area contributed by atoms with Gasteiger partial charge in [-0.1, -0.05) is 6.42 Å². The summed E-state index contributed by atoms with van der Waals surface area (Å²) in [6.45, 7) is 4.35. The van der Waals surface area contributed by atoms with Crippen molar-refractivity contribution in [3.8, 4) is 0 Å². The zero-order valence-corrected chi connectivity index (χ0v) is 13.2. The molecule has 2 heterocycles. The monoisotopic (exact) mass is 306 g/mol. The van der Waals surface area contributed by atoms with Crippen molar-refractivity contribution in [1.29, 1.82) is 0 Å². The zero-order valence-electron chi connectivity index (χ0n) is 12.4. The van der Waals surface area contributed by atoms with E-state index in [0.717, 1.165) is 28.7 Å². The molecule has 1 aromatic rings. The quantitative estimate of drug-likeness (QED) is 0.846. The predicted octanol–water partition coefficient (Wildman–Crippen LogP) is 3.49. The first kappa shape index (κ1) is 14.7. The molecule has 5 heteroatoms. The van der Waals surface area contributed by atoms with Gasteiger partial charge in [0.25, 0.3) is 0 Å². The van der Waals surface area contributed by atoms with Gasteiger partial charge in [0, 0.05) is 18.0 Å². The first-order chi connectivity index (χ1) is 10.1. The topological polar surface area (TPSA) is 53.4 Å². The van der Waals surface area contributed by atoms with Gasteiger partial charge in [0.2, 0.25) is 0 Å². The average molecular weight is 306 g/mol. The lowest BCUT2D eigenvalue weighted by molar-refractivity contribution is -0.131. The lowest BCUT2D eigenvalue weighted by atomic mass is 10.0. The van der Waals surface area contributed by atoms with Crippen molar-refractivity contribution in [2.75, 3.05) is 6.54 Å². The summed E-state index contributed by atoms with van der Waals surface area (Å²) < 4.78 is 0. The molecule has 0 aromatic carbocycles. The highest BCUT2D eigenvalue weighted by molar-refractivity contribution is 7.12. The third-order valence-corrected chi connectivity index (χ3v) is 5.37. The van der Waals surface area contributed by atoms with Crippen molar-refractivity contribution >= 4 is 23.4 Å². The van der Waals surface area contributed by atoms with Gasteiger partial charge in [-0.3, -0.25) is 4.90 Å². The fourth-order valence-corrected chi connectivity index (χ4v) is 4.02. The van der Waals surface area contributed by atoms with Gasteiger partial charge < -0.3 is 5.11 Å². The highest BCUT2D eigenvalue weighted by Crippen LogP contribution is 2.43. The molecule has 4 nitrogen and oxygen atoms in total. The second kappa shape index (κ2) is 6.28. The highest BCUT2D eigenvalue weighted by Gasteiger charge is 2.29. The Morgan fingerprint density at radius 1 is 1.43 bits per heavy atom. The number of hydrogen-bond donors (Lipinski definition) is 1. The molecule has 1 aliphatic carbocycles. The number of aliphatic carboxylic acids is 1. The van der Waals surface area contributed by atoms with Crippen LogP contribution in [-0.4, -0.2) is 33.5 Å². The highest BCUT2D eigenvalue weighted by atomic mass is 32.1. The van der Waals surface area contributed by atoms with E-state index in [1.165, 1.54) is 38.2 Å². The zero-order chi connectivity index (χ0) is 14.8. The molecular weight excluding hydrogens is 284 g/mol. The second-order valence-electron chi connectivity index (χ2n) is 6.12. The Morgan fingerprint density at radius 2 is 2.24 bits per heavy atom. The molecule has 114 valence electrons. The smallest absolute Gasteiger partial charge is 0.328 e. The Morgan fingerprint density at radius 3 is 2.90 bits per heavy atom. The molecule has 1 atom stereocenters. The van der Waals surface area contributed by atoms with Gasteiger partial charge in [-0.15, -0.1) is 11.3 Å². The Kier molecular flexibility index (Phi) is 4.40. The largest absolute Gasteiger partial charge is 0.478 e. The van der Waals surface area contributed by atoms with E-state index in [2.05, 4.69) is 11.8 Å². The number of rotatable bonds is 5. The van der Waals surface area contributed by atoms with Gasteiger partial charge in [-0.05, 0) is 45.2 Å². The Labute approximate surface area is 129 Å². The van der Waals surface area contributed by atoms with Crippen molar-refractivity contribution in [1.82, 2.24) is 9.88 Å². The minimum atomic E-state index is -0.892. The molecule has 0 radical (unpaired) electrons. The summed E-state index contributed by atoms with van der Waals surface area (Å²) in [5.74, 6) is -0.335. The van der Waals surface area contributed by atoms with Crippen molar-refractivity contribution in [3.05, 3.63) is 21.7 Å². The van der Waals surface area contributed by atoms with E-state index in [1.54, 1.807) is 17.4 Å². The molecule has 1 saturated heterocycles. The number of hydrogen-bond acceptors (Lipinski definition) is 4. The third kappa shape index (κ3) is 3.71. The van der Waals surface area contributed by atoms with Crippen molar-refractivity contribution in [2.24, 2.45) is 0 Å². The first-order valence-electron chi connectivity index (χ1n) is 7.78. The molecule has 1 aromatic heterocycles. The van der Waals surface area contributed by atoms with E-state index in [9.17, 15) is 4.79 Å². The summed E-state index contributed by atoms with van der Waals surface area (Å²) in [6, 6.07) is 0.630. The van der Waals surface area contributed by atoms with E-state index in [4.69, 9.17) is 10.1 Å². The Balaban J connectivity index is 1.76. The summed E-state index contributed by atoms with van der Waals surface area (Å²) in [4.78, 5) is 19.1. The molecule has 1 aliphatic heterocycles. The summed E-state index contributed by atoms with van der Waals surface area (Å²) in [6.07, 6.45) is 9.21. The number of carboxylic acids is 1. The number of nitrogens with zero attached hydrogens (tertiary/aromatic N) is 2. The van der Waals surface area contributed by atoms with Crippen LogP contribution in [0.1, 0.15) is 60.5 Å². The molecule has 1 saturated carbocycles. The maximum atomic E-state index is 10.7. The molecule has 0 spiro atoms.